The number of alkyl halides is 1. The van der Waals surface area contributed by atoms with Crippen molar-refractivity contribution in [3.63, 3.8) is 0 Å². The molecule has 0 spiro atoms. The van der Waals surface area contributed by atoms with E-state index >= 15 is 0 Å². The van der Waals surface area contributed by atoms with E-state index in [0.717, 1.165) is 18.2 Å². The second-order valence-corrected chi connectivity index (χ2v) is 4.38. The van der Waals surface area contributed by atoms with Crippen LogP contribution in [0.4, 0.5) is 0 Å². The molecule has 1 heterocycles. The van der Waals surface area contributed by atoms with Crippen molar-refractivity contribution in [1.82, 2.24) is 14.8 Å². The highest BCUT2D eigenvalue weighted by Crippen LogP contribution is 2.18. The van der Waals surface area contributed by atoms with E-state index in [9.17, 15) is 0 Å². The van der Waals surface area contributed by atoms with Crippen LogP contribution in [-0.4, -0.2) is 14.8 Å². The zero-order valence-corrected chi connectivity index (χ0v) is 9.83. The summed E-state index contributed by atoms with van der Waals surface area (Å²) in [7, 11) is 0. The van der Waals surface area contributed by atoms with Gasteiger partial charge in [-0.3, -0.25) is 0 Å². The number of nitrogens with zero attached hydrogens (tertiary/aromatic N) is 3. The molecular formula is C10H18ClN3. The third kappa shape index (κ3) is 2.98. The molecule has 0 aromatic carbocycles. The van der Waals surface area contributed by atoms with Gasteiger partial charge in [-0.25, -0.2) is 0 Å². The number of aromatic nitrogens is 3. The number of hydrogen-bond acceptors (Lipinski definition) is 2. The molecule has 1 unspecified atom stereocenters. The van der Waals surface area contributed by atoms with Gasteiger partial charge in [0.2, 0.25) is 0 Å². The molecule has 0 radical (unpaired) electrons. The lowest BCUT2D eigenvalue weighted by Gasteiger charge is -2.15. The van der Waals surface area contributed by atoms with Crippen LogP contribution in [0.25, 0.3) is 0 Å². The molecule has 1 aromatic heterocycles. The zero-order valence-electron chi connectivity index (χ0n) is 9.07. The van der Waals surface area contributed by atoms with E-state index in [4.69, 9.17) is 11.6 Å². The monoisotopic (exact) mass is 215 g/mol. The van der Waals surface area contributed by atoms with Gasteiger partial charge in [-0.1, -0.05) is 13.8 Å². The van der Waals surface area contributed by atoms with E-state index in [1.165, 1.54) is 6.42 Å². The topological polar surface area (TPSA) is 30.7 Å². The Balaban J connectivity index is 2.55. The lowest BCUT2D eigenvalue weighted by molar-refractivity contribution is 0.432. The molecule has 0 aliphatic carbocycles. The molecule has 0 aliphatic rings. The van der Waals surface area contributed by atoms with Crippen molar-refractivity contribution in [2.75, 3.05) is 0 Å². The molecule has 0 saturated carbocycles. The summed E-state index contributed by atoms with van der Waals surface area (Å²) in [4.78, 5) is 0. The summed E-state index contributed by atoms with van der Waals surface area (Å²) in [6, 6.07) is 0.446. The summed E-state index contributed by atoms with van der Waals surface area (Å²) in [5, 5.41) is 7.83. The Morgan fingerprint density at radius 3 is 2.64 bits per heavy atom. The number of rotatable bonds is 5. The van der Waals surface area contributed by atoms with Gasteiger partial charge in [0, 0.05) is 6.04 Å². The van der Waals surface area contributed by atoms with E-state index < -0.39 is 0 Å². The minimum atomic E-state index is 0.437. The first kappa shape index (κ1) is 11.5. The molecule has 3 nitrogen and oxygen atoms in total. The fourth-order valence-corrected chi connectivity index (χ4v) is 1.64. The van der Waals surface area contributed by atoms with Crippen LogP contribution in [0.2, 0.25) is 0 Å². The maximum atomic E-state index is 5.76. The van der Waals surface area contributed by atoms with Gasteiger partial charge in [0.05, 0.1) is 5.88 Å². The fraction of sp³-hybridized carbons (Fsp3) is 0.800. The Kier molecular flexibility index (Phi) is 4.39. The number of halogens is 1. The van der Waals surface area contributed by atoms with Crippen molar-refractivity contribution in [2.24, 2.45) is 5.92 Å². The van der Waals surface area contributed by atoms with Crippen LogP contribution in [0.1, 0.15) is 45.5 Å². The van der Waals surface area contributed by atoms with Crippen LogP contribution < -0.4 is 0 Å². The maximum absolute atomic E-state index is 5.76. The Hall–Kier alpha value is -0.570. The van der Waals surface area contributed by atoms with E-state index in [-0.39, 0.29) is 0 Å². The van der Waals surface area contributed by atoms with E-state index in [0.29, 0.717) is 11.9 Å². The normalized spacial score (nSPS) is 13.5. The Labute approximate surface area is 90.5 Å². The Morgan fingerprint density at radius 1 is 1.36 bits per heavy atom. The smallest absolute Gasteiger partial charge is 0.148 e. The third-order valence-electron chi connectivity index (χ3n) is 2.40. The van der Waals surface area contributed by atoms with Crippen LogP contribution >= 0.6 is 11.6 Å². The van der Waals surface area contributed by atoms with Crippen LogP contribution in [-0.2, 0) is 5.88 Å². The highest BCUT2D eigenvalue weighted by atomic mass is 35.5. The molecule has 80 valence electrons. The van der Waals surface area contributed by atoms with Crippen LogP contribution in [0.3, 0.4) is 0 Å². The van der Waals surface area contributed by atoms with Gasteiger partial charge in [0.15, 0.2) is 0 Å². The Morgan fingerprint density at radius 2 is 2.07 bits per heavy atom. The molecule has 0 bridgehead atoms. The highest BCUT2D eigenvalue weighted by Gasteiger charge is 2.10. The highest BCUT2D eigenvalue weighted by molar-refractivity contribution is 6.16. The molecule has 0 saturated heterocycles. The van der Waals surface area contributed by atoms with Gasteiger partial charge in [0.25, 0.3) is 0 Å². The molecule has 1 aromatic rings. The largest absolute Gasteiger partial charge is 0.314 e. The molecule has 1 rings (SSSR count). The average Bonchev–Trinajstić information content (AvgIpc) is 2.61. The molecule has 0 aliphatic heterocycles. The second-order valence-electron chi connectivity index (χ2n) is 4.11. The average molecular weight is 216 g/mol. The first-order chi connectivity index (χ1) is 6.65. The van der Waals surface area contributed by atoms with Crippen LogP contribution in [0, 0.1) is 5.92 Å². The first-order valence-electron chi connectivity index (χ1n) is 5.09. The van der Waals surface area contributed by atoms with Gasteiger partial charge in [0.1, 0.15) is 12.2 Å². The first-order valence-corrected chi connectivity index (χ1v) is 5.63. The van der Waals surface area contributed by atoms with Gasteiger partial charge < -0.3 is 4.57 Å². The summed E-state index contributed by atoms with van der Waals surface area (Å²) in [5.74, 6) is 2.04. The molecule has 0 amide bonds. The summed E-state index contributed by atoms with van der Waals surface area (Å²) < 4.78 is 2.06. The summed E-state index contributed by atoms with van der Waals surface area (Å²) >= 11 is 5.76. The van der Waals surface area contributed by atoms with Gasteiger partial charge in [-0.2, -0.15) is 0 Å². The number of hydrogen-bond donors (Lipinski definition) is 0. The van der Waals surface area contributed by atoms with Gasteiger partial charge in [-0.15, -0.1) is 21.8 Å². The van der Waals surface area contributed by atoms with Crippen molar-refractivity contribution in [2.45, 2.75) is 45.5 Å². The quantitative estimate of drug-likeness (QED) is 0.707. The third-order valence-corrected chi connectivity index (χ3v) is 2.64. The minimum absolute atomic E-state index is 0.437. The standard InChI is InChI=1S/C10H18ClN3/c1-8(2)4-5-9(3)14-7-12-13-10(14)6-11/h7-9H,4-6H2,1-3H3. The van der Waals surface area contributed by atoms with Gasteiger partial charge in [-0.05, 0) is 25.7 Å². The molecule has 4 heteroatoms. The van der Waals surface area contributed by atoms with E-state index in [2.05, 4.69) is 35.5 Å². The molecule has 0 N–H and O–H groups in total. The molecular weight excluding hydrogens is 198 g/mol. The molecule has 1 atom stereocenters. The predicted molar refractivity (Wildman–Crippen MR) is 58.4 cm³/mol. The van der Waals surface area contributed by atoms with E-state index in [1.54, 1.807) is 6.33 Å². The second kappa shape index (κ2) is 5.35. The lowest BCUT2D eigenvalue weighted by Crippen LogP contribution is -2.08. The summed E-state index contributed by atoms with van der Waals surface area (Å²) in [6.45, 7) is 6.66. The summed E-state index contributed by atoms with van der Waals surface area (Å²) in [5.41, 5.74) is 0. The van der Waals surface area contributed by atoms with Crippen molar-refractivity contribution in [1.29, 1.82) is 0 Å². The zero-order chi connectivity index (χ0) is 10.6. The van der Waals surface area contributed by atoms with Crippen molar-refractivity contribution in [3.8, 4) is 0 Å². The van der Waals surface area contributed by atoms with Crippen molar-refractivity contribution >= 4 is 11.6 Å². The SMILES string of the molecule is CC(C)CCC(C)n1cnnc1CCl. The maximum Gasteiger partial charge on any atom is 0.148 e. The lowest BCUT2D eigenvalue weighted by atomic mass is 10.0. The van der Waals surface area contributed by atoms with Crippen LogP contribution in [0.5, 0.6) is 0 Å². The van der Waals surface area contributed by atoms with Crippen LogP contribution in [0.15, 0.2) is 6.33 Å². The minimum Gasteiger partial charge on any atom is -0.314 e. The van der Waals surface area contributed by atoms with Crippen molar-refractivity contribution < 1.29 is 0 Å². The van der Waals surface area contributed by atoms with Crippen molar-refractivity contribution in [3.05, 3.63) is 12.2 Å². The molecule has 0 fully saturated rings. The fourth-order valence-electron chi connectivity index (χ4n) is 1.44. The predicted octanol–water partition coefficient (Wildman–Crippen LogP) is 3.01. The Bertz CT molecular complexity index is 270. The van der Waals surface area contributed by atoms with E-state index in [1.807, 2.05) is 0 Å². The summed E-state index contributed by atoms with van der Waals surface area (Å²) in [6.07, 6.45) is 4.14. The molecule has 14 heavy (non-hydrogen) atoms. The van der Waals surface area contributed by atoms with Gasteiger partial charge >= 0.3 is 0 Å².